The third-order valence-corrected chi connectivity index (χ3v) is 2.91. The van der Waals surface area contributed by atoms with Crippen LogP contribution >= 0.6 is 0 Å². The van der Waals surface area contributed by atoms with Crippen LogP contribution in [0.4, 0.5) is 5.69 Å². The van der Waals surface area contributed by atoms with Gasteiger partial charge >= 0.3 is 0 Å². The number of carbonyl (C=O) groups is 1. The van der Waals surface area contributed by atoms with Crippen molar-refractivity contribution in [3.05, 3.63) is 70.0 Å². The predicted molar refractivity (Wildman–Crippen MR) is 73.0 cm³/mol. The summed E-state index contributed by atoms with van der Waals surface area (Å²) in [6.45, 7) is 0. The molecule has 1 aromatic heterocycles. The molecule has 0 aliphatic carbocycles. The molecular weight excluding hydrogens is 258 g/mol. The van der Waals surface area contributed by atoms with Gasteiger partial charge in [0.15, 0.2) is 0 Å². The van der Waals surface area contributed by atoms with Gasteiger partial charge in [-0.2, -0.15) is 0 Å². The number of amides is 1. The summed E-state index contributed by atoms with van der Waals surface area (Å²) in [6.07, 6.45) is 2.83. The molecule has 102 valence electrons. The van der Waals surface area contributed by atoms with Crippen molar-refractivity contribution in [3.8, 4) is 0 Å². The summed E-state index contributed by atoms with van der Waals surface area (Å²) in [5.41, 5.74) is 1.66. The standard InChI is InChI=1S/C14H13N3O3/c18-10-16-14(9-12-3-1-2-8-15-12)11-4-6-13(7-5-11)17(19)20/h1-8,10,14H,9H2,(H,16,18). The zero-order valence-electron chi connectivity index (χ0n) is 10.6. The van der Waals surface area contributed by atoms with Crippen LogP contribution in [0.1, 0.15) is 17.3 Å². The van der Waals surface area contributed by atoms with Crippen molar-refractivity contribution in [2.24, 2.45) is 0 Å². The van der Waals surface area contributed by atoms with Crippen molar-refractivity contribution in [1.29, 1.82) is 0 Å². The highest BCUT2D eigenvalue weighted by atomic mass is 16.6. The summed E-state index contributed by atoms with van der Waals surface area (Å²) in [6, 6.07) is 11.4. The highest BCUT2D eigenvalue weighted by molar-refractivity contribution is 5.48. The maximum Gasteiger partial charge on any atom is 0.269 e. The molecule has 1 N–H and O–H groups in total. The molecule has 6 heteroatoms. The minimum atomic E-state index is -0.454. The molecule has 0 fully saturated rings. The molecule has 2 aromatic rings. The van der Waals surface area contributed by atoms with Crippen LogP contribution in [0.25, 0.3) is 0 Å². The number of nitro benzene ring substituents is 1. The molecule has 0 radical (unpaired) electrons. The van der Waals surface area contributed by atoms with Crippen LogP contribution < -0.4 is 5.32 Å². The fraction of sp³-hybridized carbons (Fsp3) is 0.143. The number of benzene rings is 1. The summed E-state index contributed by atoms with van der Waals surface area (Å²) in [4.78, 5) is 25.1. The second-order valence-electron chi connectivity index (χ2n) is 4.21. The topological polar surface area (TPSA) is 85.1 Å². The van der Waals surface area contributed by atoms with Gasteiger partial charge in [0.1, 0.15) is 0 Å². The van der Waals surface area contributed by atoms with E-state index in [1.165, 1.54) is 12.1 Å². The lowest BCUT2D eigenvalue weighted by Crippen LogP contribution is -2.22. The lowest BCUT2D eigenvalue weighted by atomic mass is 10.0. The fourth-order valence-corrected chi connectivity index (χ4v) is 1.91. The van der Waals surface area contributed by atoms with Gasteiger partial charge in [-0.25, -0.2) is 0 Å². The molecule has 6 nitrogen and oxygen atoms in total. The number of non-ortho nitro benzene ring substituents is 1. The third-order valence-electron chi connectivity index (χ3n) is 2.91. The van der Waals surface area contributed by atoms with Gasteiger partial charge in [-0.3, -0.25) is 19.9 Å². The number of pyridine rings is 1. The fourth-order valence-electron chi connectivity index (χ4n) is 1.91. The number of carbonyl (C=O) groups excluding carboxylic acids is 1. The minimum absolute atomic E-state index is 0.0245. The zero-order valence-corrected chi connectivity index (χ0v) is 10.6. The van der Waals surface area contributed by atoms with Crippen molar-refractivity contribution < 1.29 is 9.72 Å². The number of nitrogens with one attached hydrogen (secondary N) is 1. The number of rotatable bonds is 6. The van der Waals surface area contributed by atoms with Crippen LogP contribution in [0, 0.1) is 10.1 Å². The minimum Gasteiger partial charge on any atom is -0.351 e. The molecule has 0 saturated carbocycles. The summed E-state index contributed by atoms with van der Waals surface area (Å²) in [5, 5.41) is 13.3. The highest BCUT2D eigenvalue weighted by Gasteiger charge is 2.13. The quantitative estimate of drug-likeness (QED) is 0.495. The summed E-state index contributed by atoms with van der Waals surface area (Å²) >= 11 is 0. The number of hydrogen-bond donors (Lipinski definition) is 1. The Morgan fingerprint density at radius 3 is 2.55 bits per heavy atom. The summed E-state index contributed by atoms with van der Waals surface area (Å²) < 4.78 is 0. The van der Waals surface area contributed by atoms with Crippen molar-refractivity contribution >= 4 is 12.1 Å². The molecule has 1 heterocycles. The molecule has 0 spiro atoms. The Morgan fingerprint density at radius 2 is 2.00 bits per heavy atom. The van der Waals surface area contributed by atoms with Gasteiger partial charge < -0.3 is 5.32 Å². The average Bonchev–Trinajstić information content (AvgIpc) is 2.48. The number of nitro groups is 1. The van der Waals surface area contributed by atoms with Gasteiger partial charge in [0.05, 0.1) is 11.0 Å². The second kappa shape index (κ2) is 6.42. The van der Waals surface area contributed by atoms with Crippen LogP contribution in [0.5, 0.6) is 0 Å². The molecule has 1 atom stereocenters. The summed E-state index contributed by atoms with van der Waals surface area (Å²) in [5.74, 6) is 0. The zero-order chi connectivity index (χ0) is 14.4. The molecular formula is C14H13N3O3. The Labute approximate surface area is 115 Å². The van der Waals surface area contributed by atoms with Crippen LogP contribution in [-0.2, 0) is 11.2 Å². The van der Waals surface area contributed by atoms with Crippen LogP contribution in [0.3, 0.4) is 0 Å². The lowest BCUT2D eigenvalue weighted by Gasteiger charge is -2.16. The maximum atomic E-state index is 10.7. The average molecular weight is 271 g/mol. The smallest absolute Gasteiger partial charge is 0.269 e. The van der Waals surface area contributed by atoms with E-state index in [0.717, 1.165) is 11.3 Å². The van der Waals surface area contributed by atoms with E-state index in [-0.39, 0.29) is 11.7 Å². The van der Waals surface area contributed by atoms with Crippen molar-refractivity contribution in [2.75, 3.05) is 0 Å². The first-order valence-electron chi connectivity index (χ1n) is 6.04. The predicted octanol–water partition coefficient (Wildman–Crippen LogP) is 2.02. The maximum absolute atomic E-state index is 10.7. The molecule has 0 aliphatic rings. The van der Waals surface area contributed by atoms with Crippen LogP contribution in [-0.4, -0.2) is 16.3 Å². The Hall–Kier alpha value is -2.76. The van der Waals surface area contributed by atoms with Crippen molar-refractivity contribution in [1.82, 2.24) is 10.3 Å². The molecule has 1 unspecified atom stereocenters. The normalized spacial score (nSPS) is 11.6. The van der Waals surface area contributed by atoms with Crippen molar-refractivity contribution in [2.45, 2.75) is 12.5 Å². The lowest BCUT2D eigenvalue weighted by molar-refractivity contribution is -0.384. The van der Waals surface area contributed by atoms with Crippen LogP contribution in [0.15, 0.2) is 48.7 Å². The van der Waals surface area contributed by atoms with E-state index >= 15 is 0 Å². The Morgan fingerprint density at radius 1 is 1.25 bits per heavy atom. The molecule has 0 saturated heterocycles. The number of nitrogens with zero attached hydrogens (tertiary/aromatic N) is 2. The van der Waals surface area contributed by atoms with Gasteiger partial charge in [0.25, 0.3) is 5.69 Å². The Bertz CT molecular complexity index is 584. The molecule has 1 amide bonds. The highest BCUT2D eigenvalue weighted by Crippen LogP contribution is 2.20. The molecule has 20 heavy (non-hydrogen) atoms. The first-order chi connectivity index (χ1) is 9.70. The molecule has 0 aliphatic heterocycles. The van der Waals surface area contributed by atoms with Gasteiger partial charge in [0.2, 0.25) is 6.41 Å². The van der Waals surface area contributed by atoms with Crippen molar-refractivity contribution in [3.63, 3.8) is 0 Å². The van der Waals surface area contributed by atoms with Gasteiger partial charge in [0, 0.05) is 30.4 Å². The van der Waals surface area contributed by atoms with E-state index in [0.29, 0.717) is 12.8 Å². The van der Waals surface area contributed by atoms with E-state index in [4.69, 9.17) is 0 Å². The molecule has 0 bridgehead atoms. The molecule has 1 aromatic carbocycles. The van der Waals surface area contributed by atoms with E-state index in [9.17, 15) is 14.9 Å². The van der Waals surface area contributed by atoms with Gasteiger partial charge in [-0.05, 0) is 17.7 Å². The largest absolute Gasteiger partial charge is 0.351 e. The van der Waals surface area contributed by atoms with E-state index in [2.05, 4.69) is 10.3 Å². The molecule has 2 rings (SSSR count). The first-order valence-corrected chi connectivity index (χ1v) is 6.04. The van der Waals surface area contributed by atoms with Gasteiger partial charge in [-0.1, -0.05) is 18.2 Å². The Kier molecular flexibility index (Phi) is 4.39. The summed E-state index contributed by atoms with van der Waals surface area (Å²) in [7, 11) is 0. The first kappa shape index (κ1) is 13.7. The van der Waals surface area contributed by atoms with E-state index in [1.807, 2.05) is 18.2 Å². The van der Waals surface area contributed by atoms with Crippen LogP contribution in [0.2, 0.25) is 0 Å². The van der Waals surface area contributed by atoms with E-state index < -0.39 is 4.92 Å². The van der Waals surface area contributed by atoms with E-state index in [1.54, 1.807) is 18.3 Å². The monoisotopic (exact) mass is 271 g/mol. The van der Waals surface area contributed by atoms with Gasteiger partial charge in [-0.15, -0.1) is 0 Å². The number of hydrogen-bond acceptors (Lipinski definition) is 4. The Balaban J connectivity index is 2.19. The third kappa shape index (κ3) is 3.38. The number of aromatic nitrogens is 1. The second-order valence-corrected chi connectivity index (χ2v) is 4.21. The SMILES string of the molecule is O=CNC(Cc1ccccn1)c1ccc([N+](=O)[O-])cc1.